The highest BCUT2D eigenvalue weighted by atomic mass is 35.5. The number of carbonyl (C=O) groups is 2. The molecule has 4 atom stereocenters. The first-order chi connectivity index (χ1) is 36.8. The number of sulfonamides is 2. The molecule has 0 aromatic heterocycles. The van der Waals surface area contributed by atoms with Gasteiger partial charge in [0.1, 0.15) is 23.7 Å². The first-order valence-corrected chi connectivity index (χ1v) is 30.0. The molecular formula is C53H70Cl4N6O12S2. The van der Waals surface area contributed by atoms with Crippen molar-refractivity contribution in [1.82, 2.24) is 29.9 Å². The Labute approximate surface area is 473 Å². The molecule has 2 amide bonds. The Kier molecular flexibility index (Phi) is 24.8. The number of carbonyl (C=O) groups excluding carboxylic acids is 2. The normalized spacial score (nSPS) is 17.2. The summed E-state index contributed by atoms with van der Waals surface area (Å²) in [6.45, 7) is 2.75. The Morgan fingerprint density at radius 3 is 1.21 bits per heavy atom. The summed E-state index contributed by atoms with van der Waals surface area (Å²) in [5.74, 6) is 0.831. The summed E-state index contributed by atoms with van der Waals surface area (Å²) in [6.07, 6.45) is 3.42. The minimum absolute atomic E-state index is 0.0203. The zero-order valence-corrected chi connectivity index (χ0v) is 48.5. The van der Waals surface area contributed by atoms with Gasteiger partial charge in [-0.25, -0.2) is 26.3 Å². The van der Waals surface area contributed by atoms with E-state index in [0.29, 0.717) is 96.4 Å². The van der Waals surface area contributed by atoms with E-state index in [9.17, 15) is 26.4 Å². The summed E-state index contributed by atoms with van der Waals surface area (Å²) in [5.41, 5.74) is 3.81. The predicted molar refractivity (Wildman–Crippen MR) is 298 cm³/mol. The van der Waals surface area contributed by atoms with Crippen LogP contribution in [0, 0.1) is 0 Å². The molecule has 4 aromatic rings. The van der Waals surface area contributed by atoms with Gasteiger partial charge in [-0.15, -0.1) is 0 Å². The molecule has 2 aliphatic rings. The molecule has 24 heteroatoms. The van der Waals surface area contributed by atoms with Crippen molar-refractivity contribution in [3.63, 3.8) is 0 Å². The van der Waals surface area contributed by atoms with Crippen molar-refractivity contribution >= 4 is 78.3 Å². The number of fused-ring (bicyclic) bond motifs is 2. The average Bonchev–Trinajstić information content (AvgIpc) is 3.94. The van der Waals surface area contributed by atoms with Crippen molar-refractivity contribution in [2.75, 3.05) is 107 Å². The third kappa shape index (κ3) is 19.2. The summed E-state index contributed by atoms with van der Waals surface area (Å²) in [4.78, 5) is 28.8. The second-order valence-electron chi connectivity index (χ2n) is 18.9. The predicted octanol–water partition coefficient (Wildman–Crippen LogP) is 7.02. The quantitative estimate of drug-likeness (QED) is 0.0347. The van der Waals surface area contributed by atoms with E-state index in [-0.39, 0.29) is 98.6 Å². The van der Waals surface area contributed by atoms with Gasteiger partial charge in [-0.3, -0.25) is 9.59 Å². The molecule has 0 spiro atoms. The molecule has 18 nitrogen and oxygen atoms in total. The molecule has 0 aliphatic heterocycles. The van der Waals surface area contributed by atoms with Gasteiger partial charge in [0.25, 0.3) is 0 Å². The smallest absolute Gasteiger partial charge is 0.240 e. The molecule has 0 bridgehead atoms. The molecule has 0 unspecified atom stereocenters. The third-order valence-corrected chi connectivity index (χ3v) is 17.0. The van der Waals surface area contributed by atoms with E-state index in [1.165, 1.54) is 24.3 Å². The summed E-state index contributed by atoms with van der Waals surface area (Å²) in [5, 5.41) is 7.86. The van der Waals surface area contributed by atoms with E-state index in [1.807, 2.05) is 40.3 Å². The fourth-order valence-electron chi connectivity index (χ4n) is 8.87. The fourth-order valence-corrected chi connectivity index (χ4v) is 12.1. The summed E-state index contributed by atoms with van der Waals surface area (Å²) in [7, 11) is 0.322. The Balaban J connectivity index is 0.702. The minimum atomic E-state index is -3.78. The SMILES string of the molecule is CN(C)[C@H]1Cc2c(Cl)cc(Cl)cc2[C@@H]1Oc1ccc(S(=O)(=O)NCCOCCOCCNC(=O)CCCCCC(=O)NCCOCCOCCNS(=O)(=O)c2ccc(O[C@H]3c4cc(Cl)cc(Cl)c4C[C@@H]3N(C)C)cc2)cc1. The summed E-state index contributed by atoms with van der Waals surface area (Å²) < 4.78 is 91.4. The average molecular weight is 1190 g/mol. The van der Waals surface area contributed by atoms with Crippen LogP contribution >= 0.6 is 46.4 Å². The fraction of sp³-hybridized carbons (Fsp3) is 0.509. The number of hydrogen-bond acceptors (Lipinski definition) is 14. The monoisotopic (exact) mass is 1190 g/mol. The van der Waals surface area contributed by atoms with Crippen LogP contribution in [0.5, 0.6) is 11.5 Å². The lowest BCUT2D eigenvalue weighted by Gasteiger charge is -2.27. The highest BCUT2D eigenvalue weighted by molar-refractivity contribution is 7.89. The number of halogens is 4. The molecular weight excluding hydrogens is 1120 g/mol. The Morgan fingerprint density at radius 2 is 0.857 bits per heavy atom. The standard InChI is InChI=1S/C53H70Cl4N6O12S2/c1-62(2)48-34-42-44(30-36(54)32-46(42)56)52(48)74-38-10-14-40(15-11-38)76(66,67)60-20-24-72-28-26-70-22-18-58-50(64)8-6-5-7-9-51(65)59-19-23-71-27-29-73-25-21-61-77(68,69)41-16-12-39(13-17-41)75-53-45-31-37(55)33-47(57)43(45)35-49(53)63(3)4/h10-17,30-33,48-49,52-53,60-61H,5-9,18-29,34-35H2,1-4H3,(H,58,64)(H,59,65)/t48-,49-,52-,53-/m0/s1. The topological polar surface area (TPSA) is 212 Å². The van der Waals surface area contributed by atoms with E-state index in [0.717, 1.165) is 28.7 Å². The molecule has 6 rings (SSSR count). The van der Waals surface area contributed by atoms with Crippen LogP contribution in [0.25, 0.3) is 0 Å². The number of nitrogens with zero attached hydrogens (tertiary/aromatic N) is 2. The van der Waals surface area contributed by atoms with Gasteiger partial charge in [0.05, 0.1) is 74.7 Å². The Bertz CT molecular complexity index is 2590. The molecule has 77 heavy (non-hydrogen) atoms. The highest BCUT2D eigenvalue weighted by Gasteiger charge is 2.39. The molecule has 0 radical (unpaired) electrons. The number of nitrogens with one attached hydrogen (secondary N) is 4. The second-order valence-corrected chi connectivity index (χ2v) is 24.1. The number of rotatable bonds is 34. The first kappa shape index (κ1) is 62.4. The number of ether oxygens (including phenoxy) is 6. The molecule has 0 fully saturated rings. The number of hydrogen-bond donors (Lipinski definition) is 4. The largest absolute Gasteiger partial charge is 0.484 e. The Morgan fingerprint density at radius 1 is 0.506 bits per heavy atom. The van der Waals surface area contributed by atoms with E-state index in [1.54, 1.807) is 36.4 Å². The first-order valence-electron chi connectivity index (χ1n) is 25.5. The zero-order chi connectivity index (χ0) is 55.5. The maximum atomic E-state index is 12.9. The maximum Gasteiger partial charge on any atom is 0.240 e. The van der Waals surface area contributed by atoms with Crippen molar-refractivity contribution in [3.8, 4) is 11.5 Å². The molecule has 0 saturated carbocycles. The van der Waals surface area contributed by atoms with Crippen LogP contribution in [0.1, 0.15) is 66.6 Å². The maximum absolute atomic E-state index is 12.9. The number of amides is 2. The van der Waals surface area contributed by atoms with Crippen molar-refractivity contribution in [3.05, 3.63) is 115 Å². The van der Waals surface area contributed by atoms with E-state index >= 15 is 0 Å². The number of likely N-dealkylation sites (N-methyl/N-ethyl adjacent to an activating group) is 2. The van der Waals surface area contributed by atoms with Crippen molar-refractivity contribution in [2.24, 2.45) is 0 Å². The van der Waals surface area contributed by atoms with Gasteiger partial charge in [0.15, 0.2) is 0 Å². The van der Waals surface area contributed by atoms with Crippen LogP contribution in [0.3, 0.4) is 0 Å². The van der Waals surface area contributed by atoms with Crippen LogP contribution in [0.4, 0.5) is 0 Å². The molecule has 4 N–H and O–H groups in total. The van der Waals surface area contributed by atoms with Gasteiger partial charge < -0.3 is 48.9 Å². The number of unbranched alkanes of at least 4 members (excludes halogenated alkanes) is 2. The lowest BCUT2D eigenvalue weighted by atomic mass is 10.1. The summed E-state index contributed by atoms with van der Waals surface area (Å²) in [6, 6.07) is 19.7. The molecule has 2 aliphatic carbocycles. The van der Waals surface area contributed by atoms with Crippen molar-refractivity contribution < 1.29 is 54.8 Å². The second kappa shape index (κ2) is 30.7. The van der Waals surface area contributed by atoms with E-state index in [2.05, 4.69) is 29.9 Å². The van der Waals surface area contributed by atoms with E-state index in [4.69, 9.17) is 74.8 Å². The van der Waals surface area contributed by atoms with Crippen LogP contribution < -0.4 is 29.6 Å². The summed E-state index contributed by atoms with van der Waals surface area (Å²) >= 11 is 25.6. The zero-order valence-electron chi connectivity index (χ0n) is 43.8. The van der Waals surface area contributed by atoms with Gasteiger partial charge in [0, 0.05) is 70.2 Å². The van der Waals surface area contributed by atoms with Gasteiger partial charge in [-0.2, -0.15) is 0 Å². The third-order valence-electron chi connectivity index (χ3n) is 12.9. The van der Waals surface area contributed by atoms with Crippen LogP contribution in [0.2, 0.25) is 20.1 Å². The van der Waals surface area contributed by atoms with Gasteiger partial charge in [-0.1, -0.05) is 52.8 Å². The highest BCUT2D eigenvalue weighted by Crippen LogP contribution is 2.43. The lowest BCUT2D eigenvalue weighted by Crippen LogP contribution is -2.34. The van der Waals surface area contributed by atoms with Crippen molar-refractivity contribution in [1.29, 1.82) is 0 Å². The molecule has 4 aromatic carbocycles. The molecule has 0 saturated heterocycles. The van der Waals surface area contributed by atoms with Crippen LogP contribution in [-0.2, 0) is 61.4 Å². The minimum Gasteiger partial charge on any atom is -0.484 e. The van der Waals surface area contributed by atoms with Crippen molar-refractivity contribution in [2.45, 2.75) is 79.0 Å². The number of benzene rings is 4. The van der Waals surface area contributed by atoms with Gasteiger partial charge in [0.2, 0.25) is 31.9 Å². The molecule has 0 heterocycles. The lowest BCUT2D eigenvalue weighted by molar-refractivity contribution is -0.121. The van der Waals surface area contributed by atoms with Gasteiger partial charge in [-0.05, 0) is 138 Å². The molecule has 424 valence electrons. The van der Waals surface area contributed by atoms with Crippen LogP contribution in [0.15, 0.2) is 82.6 Å². The van der Waals surface area contributed by atoms with Crippen LogP contribution in [-0.4, -0.2) is 158 Å². The van der Waals surface area contributed by atoms with E-state index < -0.39 is 20.0 Å². The Hall–Kier alpha value is -3.84. The van der Waals surface area contributed by atoms with Gasteiger partial charge >= 0.3 is 0 Å².